The second-order valence-electron chi connectivity index (χ2n) is 1.94. The number of phenols is 1. The number of rotatable bonds is 2. The lowest BCUT2D eigenvalue weighted by Crippen LogP contribution is -1.99. The average molecular weight is 141 g/mol. The molecule has 0 unspecified atom stereocenters. The second-order valence-corrected chi connectivity index (χ2v) is 1.94. The summed E-state index contributed by atoms with van der Waals surface area (Å²) in [4.78, 5) is 0. The van der Waals surface area contributed by atoms with Crippen molar-refractivity contribution in [1.29, 1.82) is 0 Å². The minimum absolute atomic E-state index is 0.0483. The smallest absolute Gasteiger partial charge is 0.120 e. The van der Waals surface area contributed by atoms with Gasteiger partial charge in [-0.25, -0.2) is 0 Å². The molecule has 0 heterocycles. The van der Waals surface area contributed by atoms with Crippen LogP contribution in [0, 0.1) is 0 Å². The second kappa shape index (κ2) is 3.17. The summed E-state index contributed by atoms with van der Waals surface area (Å²) in [5, 5.41) is 9.03. The minimum Gasteiger partial charge on any atom is -0.508 e. The van der Waals surface area contributed by atoms with Gasteiger partial charge in [0.05, 0.1) is 6.54 Å². The molecular weight excluding hydrogens is 133 g/mol. The van der Waals surface area contributed by atoms with Crippen molar-refractivity contribution in [2.45, 2.75) is 6.54 Å². The molecule has 0 bridgehead atoms. The SMILES string of the molecule is Oc1ccccc1CNF. The first kappa shape index (κ1) is 7.02. The van der Waals surface area contributed by atoms with E-state index >= 15 is 0 Å². The van der Waals surface area contributed by atoms with Crippen LogP contribution in [-0.4, -0.2) is 5.11 Å². The van der Waals surface area contributed by atoms with Gasteiger partial charge in [0.15, 0.2) is 0 Å². The fraction of sp³-hybridized carbons (Fsp3) is 0.143. The number of aromatic hydroxyl groups is 1. The summed E-state index contributed by atoms with van der Waals surface area (Å²) in [7, 11) is 0. The first-order valence-electron chi connectivity index (χ1n) is 2.95. The van der Waals surface area contributed by atoms with E-state index in [2.05, 4.69) is 0 Å². The Morgan fingerprint density at radius 2 is 2.10 bits per heavy atom. The summed E-state index contributed by atoms with van der Waals surface area (Å²) in [6.45, 7) is 0.0483. The summed E-state index contributed by atoms with van der Waals surface area (Å²) >= 11 is 0. The number of hydrogen-bond donors (Lipinski definition) is 2. The molecule has 3 heteroatoms. The van der Waals surface area contributed by atoms with E-state index in [-0.39, 0.29) is 12.3 Å². The molecule has 1 rings (SSSR count). The highest BCUT2D eigenvalue weighted by atomic mass is 19.2. The van der Waals surface area contributed by atoms with Crippen LogP contribution in [0.25, 0.3) is 0 Å². The number of hydrogen-bond acceptors (Lipinski definition) is 2. The highest BCUT2D eigenvalue weighted by Gasteiger charge is 1.96. The third-order valence-corrected chi connectivity index (χ3v) is 1.25. The fourth-order valence-electron chi connectivity index (χ4n) is 0.732. The number of benzene rings is 1. The van der Waals surface area contributed by atoms with Crippen LogP contribution in [0.5, 0.6) is 5.75 Å². The first-order valence-corrected chi connectivity index (χ1v) is 2.95. The Bertz CT molecular complexity index is 215. The van der Waals surface area contributed by atoms with Crippen molar-refractivity contribution in [2.75, 3.05) is 0 Å². The average Bonchev–Trinajstić information content (AvgIpc) is 1.94. The lowest BCUT2D eigenvalue weighted by molar-refractivity contribution is 0.325. The Morgan fingerprint density at radius 3 is 2.70 bits per heavy atom. The zero-order valence-electron chi connectivity index (χ0n) is 5.34. The van der Waals surface area contributed by atoms with Crippen LogP contribution in [0.15, 0.2) is 24.3 Å². The van der Waals surface area contributed by atoms with E-state index in [4.69, 9.17) is 5.11 Å². The van der Waals surface area contributed by atoms with Gasteiger partial charge in [0.2, 0.25) is 0 Å². The van der Waals surface area contributed by atoms with Crippen molar-refractivity contribution < 1.29 is 9.59 Å². The van der Waals surface area contributed by atoms with Crippen molar-refractivity contribution in [2.24, 2.45) is 0 Å². The topological polar surface area (TPSA) is 32.3 Å². The largest absolute Gasteiger partial charge is 0.508 e. The Morgan fingerprint density at radius 1 is 1.40 bits per heavy atom. The van der Waals surface area contributed by atoms with Crippen molar-refractivity contribution >= 4 is 0 Å². The monoisotopic (exact) mass is 141 g/mol. The summed E-state index contributed by atoms with van der Waals surface area (Å²) in [5.74, 6) is 0.118. The molecule has 0 saturated heterocycles. The maximum Gasteiger partial charge on any atom is 0.120 e. The number of phenolic OH excluding ortho intramolecular Hbond substituents is 1. The van der Waals surface area contributed by atoms with E-state index in [0.29, 0.717) is 5.56 Å². The van der Waals surface area contributed by atoms with E-state index in [1.165, 1.54) is 11.6 Å². The molecule has 0 saturated carbocycles. The quantitative estimate of drug-likeness (QED) is 0.609. The van der Waals surface area contributed by atoms with Crippen molar-refractivity contribution in [3.05, 3.63) is 29.8 Å². The third kappa shape index (κ3) is 1.45. The van der Waals surface area contributed by atoms with E-state index in [1.54, 1.807) is 18.2 Å². The predicted octanol–water partition coefficient (Wildman–Crippen LogP) is 1.37. The van der Waals surface area contributed by atoms with Gasteiger partial charge in [0.1, 0.15) is 5.75 Å². The van der Waals surface area contributed by atoms with Gasteiger partial charge in [-0.05, 0) is 6.07 Å². The molecular formula is C7H8FNO. The van der Waals surface area contributed by atoms with Crippen molar-refractivity contribution in [3.8, 4) is 5.75 Å². The standard InChI is InChI=1S/C7H8FNO/c8-9-5-6-3-1-2-4-7(6)10/h1-4,9-10H,5H2. The molecule has 0 aromatic heterocycles. The molecule has 0 spiro atoms. The highest BCUT2D eigenvalue weighted by Crippen LogP contribution is 2.14. The molecule has 0 atom stereocenters. The molecule has 0 fully saturated rings. The molecule has 10 heavy (non-hydrogen) atoms. The summed E-state index contributed by atoms with van der Waals surface area (Å²) in [6.07, 6.45) is 0. The molecule has 0 aliphatic carbocycles. The van der Waals surface area contributed by atoms with Gasteiger partial charge in [-0.1, -0.05) is 18.2 Å². The molecule has 0 radical (unpaired) electrons. The maximum absolute atomic E-state index is 11.5. The van der Waals surface area contributed by atoms with Crippen LogP contribution < -0.4 is 5.54 Å². The molecule has 0 aliphatic heterocycles. The third-order valence-electron chi connectivity index (χ3n) is 1.25. The molecule has 54 valence electrons. The highest BCUT2D eigenvalue weighted by molar-refractivity contribution is 5.31. The molecule has 2 nitrogen and oxygen atoms in total. The van der Waals surface area contributed by atoms with Crippen LogP contribution in [0.4, 0.5) is 4.48 Å². The predicted molar refractivity (Wildman–Crippen MR) is 36.1 cm³/mol. The van der Waals surface area contributed by atoms with Gasteiger partial charge in [0.25, 0.3) is 0 Å². The van der Waals surface area contributed by atoms with Gasteiger partial charge in [-0.3, -0.25) is 0 Å². The summed E-state index contributed by atoms with van der Waals surface area (Å²) in [5.41, 5.74) is 2.03. The van der Waals surface area contributed by atoms with Crippen LogP contribution in [-0.2, 0) is 6.54 Å². The van der Waals surface area contributed by atoms with Gasteiger partial charge < -0.3 is 5.11 Å². The number of nitrogens with one attached hydrogen (secondary N) is 1. The minimum atomic E-state index is 0.0483. The Hall–Kier alpha value is -1.09. The van der Waals surface area contributed by atoms with Gasteiger partial charge >= 0.3 is 0 Å². The molecule has 1 aromatic carbocycles. The Balaban J connectivity index is 2.81. The maximum atomic E-state index is 11.5. The zero-order chi connectivity index (χ0) is 7.40. The lowest BCUT2D eigenvalue weighted by atomic mass is 10.2. The molecule has 0 aliphatic rings. The van der Waals surface area contributed by atoms with Crippen LogP contribution in [0.3, 0.4) is 0 Å². The van der Waals surface area contributed by atoms with Crippen LogP contribution in [0.1, 0.15) is 5.56 Å². The normalized spacial score (nSPS) is 9.70. The molecule has 1 aromatic rings. The Labute approximate surface area is 58.2 Å². The van der Waals surface area contributed by atoms with E-state index < -0.39 is 0 Å². The Kier molecular flexibility index (Phi) is 2.23. The van der Waals surface area contributed by atoms with Crippen molar-refractivity contribution in [1.82, 2.24) is 5.54 Å². The van der Waals surface area contributed by atoms with Crippen LogP contribution in [0.2, 0.25) is 0 Å². The first-order chi connectivity index (χ1) is 4.84. The zero-order valence-corrected chi connectivity index (χ0v) is 5.34. The molecule has 2 N–H and O–H groups in total. The van der Waals surface area contributed by atoms with E-state index in [1.807, 2.05) is 0 Å². The van der Waals surface area contributed by atoms with Gasteiger partial charge in [-0.15, -0.1) is 4.48 Å². The fourth-order valence-corrected chi connectivity index (χ4v) is 0.732. The molecule has 0 amide bonds. The van der Waals surface area contributed by atoms with Crippen molar-refractivity contribution in [3.63, 3.8) is 0 Å². The van der Waals surface area contributed by atoms with Gasteiger partial charge in [-0.2, -0.15) is 5.54 Å². The van der Waals surface area contributed by atoms with Gasteiger partial charge in [0, 0.05) is 5.56 Å². The van der Waals surface area contributed by atoms with Crippen LogP contribution >= 0.6 is 0 Å². The van der Waals surface area contributed by atoms with E-state index in [0.717, 1.165) is 0 Å². The lowest BCUT2D eigenvalue weighted by Gasteiger charge is -1.99. The summed E-state index contributed by atoms with van der Waals surface area (Å²) < 4.78 is 11.5. The van der Waals surface area contributed by atoms with E-state index in [9.17, 15) is 4.48 Å². The summed E-state index contributed by atoms with van der Waals surface area (Å²) in [6, 6.07) is 6.61. The number of para-hydroxylation sites is 1. The number of halogens is 1.